The van der Waals surface area contributed by atoms with Crippen LogP contribution in [-0.2, 0) is 4.79 Å². The molecule has 0 spiro atoms. The first-order valence-electron chi connectivity index (χ1n) is 7.05. The normalized spacial score (nSPS) is 21.1. The van der Waals surface area contributed by atoms with Crippen LogP contribution >= 0.6 is 0 Å². The van der Waals surface area contributed by atoms with Gasteiger partial charge in [0.15, 0.2) is 11.4 Å². The Labute approximate surface area is 130 Å². The van der Waals surface area contributed by atoms with E-state index in [-0.39, 0.29) is 5.76 Å². The van der Waals surface area contributed by atoms with Gasteiger partial charge in [0.2, 0.25) is 5.91 Å². The van der Waals surface area contributed by atoms with Crippen LogP contribution in [0.15, 0.2) is 22.8 Å². The number of nitrogens with zero attached hydrogens (tertiary/aromatic N) is 1. The first-order valence-corrected chi connectivity index (χ1v) is 7.05. The molecule has 2 atom stereocenters. The number of furan rings is 1. The summed E-state index contributed by atoms with van der Waals surface area (Å²) in [5, 5.41) is 11.4. The fraction of sp³-hybridized carbons (Fsp3) is 0.571. The minimum Gasteiger partial charge on any atom is -0.459 e. The lowest BCUT2D eigenvalue weighted by atomic mass is 10.1. The van der Waals surface area contributed by atoms with Crippen molar-refractivity contribution in [3.8, 4) is 0 Å². The van der Waals surface area contributed by atoms with Gasteiger partial charge in [0.1, 0.15) is 6.04 Å². The molecule has 1 aliphatic rings. The summed E-state index contributed by atoms with van der Waals surface area (Å²) >= 11 is 0. The third kappa shape index (κ3) is 3.66. The Morgan fingerprint density at radius 2 is 2.17 bits per heavy atom. The van der Waals surface area contributed by atoms with Crippen molar-refractivity contribution in [3.63, 3.8) is 0 Å². The van der Waals surface area contributed by atoms with E-state index in [2.05, 4.69) is 5.32 Å². The summed E-state index contributed by atoms with van der Waals surface area (Å²) in [6.07, 6.45) is -2.65. The van der Waals surface area contributed by atoms with E-state index in [9.17, 15) is 27.9 Å². The maximum Gasteiger partial charge on any atom is 0.418 e. The number of hydrogen-bond acceptors (Lipinski definition) is 4. The van der Waals surface area contributed by atoms with Crippen LogP contribution in [0.2, 0.25) is 0 Å². The molecular formula is C14H17F3N2O4. The maximum absolute atomic E-state index is 12.6. The summed E-state index contributed by atoms with van der Waals surface area (Å²) in [5.41, 5.74) is -3.03. The van der Waals surface area contributed by atoms with Crippen LogP contribution in [0.25, 0.3) is 0 Å². The Hall–Kier alpha value is -2.03. The summed E-state index contributed by atoms with van der Waals surface area (Å²) in [5.74, 6) is -1.16. The van der Waals surface area contributed by atoms with E-state index in [0.29, 0.717) is 26.3 Å². The van der Waals surface area contributed by atoms with Crippen molar-refractivity contribution in [2.75, 3.05) is 13.1 Å². The lowest BCUT2D eigenvalue weighted by Crippen LogP contribution is -2.54. The molecular weight excluding hydrogens is 317 g/mol. The summed E-state index contributed by atoms with van der Waals surface area (Å²) < 4.78 is 42.7. The van der Waals surface area contributed by atoms with Gasteiger partial charge in [-0.3, -0.25) is 9.59 Å². The highest BCUT2D eigenvalue weighted by Crippen LogP contribution is 2.29. The Bertz CT molecular complexity index is 569. The van der Waals surface area contributed by atoms with E-state index >= 15 is 0 Å². The second-order valence-electron chi connectivity index (χ2n) is 5.62. The zero-order chi connectivity index (χ0) is 17.3. The molecule has 1 aromatic heterocycles. The molecule has 0 bridgehead atoms. The molecule has 1 saturated heterocycles. The van der Waals surface area contributed by atoms with E-state index in [0.717, 1.165) is 0 Å². The Morgan fingerprint density at radius 1 is 1.48 bits per heavy atom. The molecule has 1 aliphatic heterocycles. The molecule has 0 aromatic carbocycles. The quantitative estimate of drug-likeness (QED) is 0.870. The van der Waals surface area contributed by atoms with E-state index in [4.69, 9.17) is 4.42 Å². The standard InChI is InChI=1S/C14H17F3N2O4/c1-13(22,14(15,16)17)8-18-11(20)9-4-2-6-19(9)12(21)10-5-3-7-23-10/h3,5,7,9,22H,2,4,6,8H2,1H3,(H,18,20)/t9-,13-/m1/s1. The molecule has 2 rings (SSSR count). The van der Waals surface area contributed by atoms with Gasteiger partial charge in [0, 0.05) is 6.54 Å². The molecule has 2 amide bonds. The number of rotatable bonds is 4. The van der Waals surface area contributed by atoms with Gasteiger partial charge < -0.3 is 19.7 Å². The topological polar surface area (TPSA) is 82.8 Å². The number of amides is 2. The molecule has 1 aromatic rings. The number of likely N-dealkylation sites (tertiary alicyclic amines) is 1. The highest BCUT2D eigenvalue weighted by molar-refractivity contribution is 5.95. The number of carbonyl (C=O) groups is 2. The number of carbonyl (C=O) groups excluding carboxylic acids is 2. The van der Waals surface area contributed by atoms with Crippen molar-refractivity contribution < 1.29 is 32.3 Å². The van der Waals surface area contributed by atoms with Crippen molar-refractivity contribution in [1.29, 1.82) is 0 Å². The van der Waals surface area contributed by atoms with E-state index in [1.807, 2.05) is 0 Å². The van der Waals surface area contributed by atoms with Gasteiger partial charge >= 0.3 is 6.18 Å². The van der Waals surface area contributed by atoms with Crippen molar-refractivity contribution in [2.24, 2.45) is 0 Å². The molecule has 2 N–H and O–H groups in total. The van der Waals surface area contributed by atoms with Gasteiger partial charge in [-0.1, -0.05) is 0 Å². The van der Waals surface area contributed by atoms with E-state index in [1.54, 1.807) is 0 Å². The molecule has 0 saturated carbocycles. The maximum atomic E-state index is 12.6. The van der Waals surface area contributed by atoms with Gasteiger partial charge in [-0.25, -0.2) is 0 Å². The first-order chi connectivity index (χ1) is 10.6. The first kappa shape index (κ1) is 17.3. The lowest BCUT2D eigenvalue weighted by Gasteiger charge is -2.28. The molecule has 23 heavy (non-hydrogen) atoms. The Kier molecular flexibility index (Phi) is 4.69. The van der Waals surface area contributed by atoms with Crippen LogP contribution in [0.3, 0.4) is 0 Å². The van der Waals surface area contributed by atoms with Crippen molar-refractivity contribution >= 4 is 11.8 Å². The van der Waals surface area contributed by atoms with Crippen LogP contribution in [-0.4, -0.2) is 52.7 Å². The zero-order valence-electron chi connectivity index (χ0n) is 12.4. The molecule has 128 valence electrons. The minimum absolute atomic E-state index is 0.0620. The molecule has 0 aliphatic carbocycles. The number of halogens is 3. The summed E-state index contributed by atoms with van der Waals surface area (Å²) in [6, 6.07) is 2.10. The minimum atomic E-state index is -4.86. The van der Waals surface area contributed by atoms with Gasteiger partial charge in [-0.2, -0.15) is 13.2 Å². The number of nitrogens with one attached hydrogen (secondary N) is 1. The number of alkyl halides is 3. The van der Waals surface area contributed by atoms with Gasteiger partial charge in [-0.15, -0.1) is 0 Å². The molecule has 6 nitrogen and oxygen atoms in total. The zero-order valence-corrected chi connectivity index (χ0v) is 12.4. The molecule has 0 radical (unpaired) electrons. The second-order valence-corrected chi connectivity index (χ2v) is 5.62. The van der Waals surface area contributed by atoms with Gasteiger partial charge in [0.05, 0.1) is 12.8 Å². The van der Waals surface area contributed by atoms with Gasteiger partial charge in [-0.05, 0) is 31.9 Å². The number of hydrogen-bond donors (Lipinski definition) is 2. The highest BCUT2D eigenvalue weighted by Gasteiger charge is 2.50. The average molecular weight is 334 g/mol. The molecule has 1 fully saturated rings. The summed E-state index contributed by atoms with van der Waals surface area (Å²) in [6.45, 7) is -0.0877. The molecule has 0 unspecified atom stereocenters. The Balaban J connectivity index is 2.00. The second kappa shape index (κ2) is 6.23. The summed E-state index contributed by atoms with van der Waals surface area (Å²) in [4.78, 5) is 25.6. The van der Waals surface area contributed by atoms with E-state index < -0.39 is 36.2 Å². The summed E-state index contributed by atoms with van der Waals surface area (Å²) in [7, 11) is 0. The average Bonchev–Trinajstić information content (AvgIpc) is 3.13. The SMILES string of the molecule is C[C@@](O)(CNC(=O)[C@H]1CCCN1C(=O)c1ccco1)C(F)(F)F. The lowest BCUT2D eigenvalue weighted by molar-refractivity contribution is -0.250. The third-order valence-electron chi connectivity index (χ3n) is 3.77. The van der Waals surface area contributed by atoms with E-state index in [1.165, 1.54) is 23.3 Å². The highest BCUT2D eigenvalue weighted by atomic mass is 19.4. The fourth-order valence-electron chi connectivity index (χ4n) is 2.30. The van der Waals surface area contributed by atoms with Crippen LogP contribution in [0.5, 0.6) is 0 Å². The largest absolute Gasteiger partial charge is 0.459 e. The van der Waals surface area contributed by atoms with Crippen LogP contribution in [0.1, 0.15) is 30.3 Å². The third-order valence-corrected chi connectivity index (χ3v) is 3.77. The van der Waals surface area contributed by atoms with Crippen LogP contribution < -0.4 is 5.32 Å². The molecule has 2 heterocycles. The van der Waals surface area contributed by atoms with Crippen molar-refractivity contribution in [2.45, 2.75) is 37.6 Å². The van der Waals surface area contributed by atoms with Crippen molar-refractivity contribution in [3.05, 3.63) is 24.2 Å². The number of aliphatic hydroxyl groups is 1. The van der Waals surface area contributed by atoms with Crippen LogP contribution in [0.4, 0.5) is 13.2 Å². The monoisotopic (exact) mass is 334 g/mol. The van der Waals surface area contributed by atoms with Gasteiger partial charge in [0.25, 0.3) is 5.91 Å². The van der Waals surface area contributed by atoms with Crippen LogP contribution in [0, 0.1) is 0 Å². The van der Waals surface area contributed by atoms with Crippen molar-refractivity contribution in [1.82, 2.24) is 10.2 Å². The Morgan fingerprint density at radius 3 is 2.74 bits per heavy atom. The predicted octanol–water partition coefficient (Wildman–Crippen LogP) is 1.31. The molecule has 9 heteroatoms. The predicted molar refractivity (Wildman–Crippen MR) is 72.5 cm³/mol. The smallest absolute Gasteiger partial charge is 0.418 e. The fourth-order valence-corrected chi connectivity index (χ4v) is 2.30.